The van der Waals surface area contributed by atoms with Gasteiger partial charge in [0.15, 0.2) is 21.0 Å². The summed E-state index contributed by atoms with van der Waals surface area (Å²) in [6.07, 6.45) is 1.25. The fourth-order valence-corrected chi connectivity index (χ4v) is 5.74. The van der Waals surface area contributed by atoms with Gasteiger partial charge in [0.1, 0.15) is 5.58 Å². The molecule has 1 fully saturated rings. The Morgan fingerprint density at radius 1 is 1.13 bits per heavy atom. The van der Waals surface area contributed by atoms with Crippen molar-refractivity contribution in [2.45, 2.75) is 32.4 Å². The third kappa shape index (κ3) is 4.67. The molecule has 8 heteroatoms. The first kappa shape index (κ1) is 21.6. The van der Waals surface area contributed by atoms with Crippen molar-refractivity contribution in [1.82, 2.24) is 4.90 Å². The van der Waals surface area contributed by atoms with Gasteiger partial charge in [-0.3, -0.25) is 9.59 Å². The number of carbonyl (C=O) groups excluding carboxylic acids is 1. The summed E-state index contributed by atoms with van der Waals surface area (Å²) in [4.78, 5) is 27.5. The number of sulfone groups is 1. The van der Waals surface area contributed by atoms with Gasteiger partial charge >= 0.3 is 0 Å². The summed E-state index contributed by atoms with van der Waals surface area (Å²) in [6, 6.07) is 13.1. The molecule has 1 aliphatic heterocycles. The molecule has 162 valence electrons. The summed E-state index contributed by atoms with van der Waals surface area (Å²) in [6.45, 7) is 2.29. The molecular weight excluding hydrogens is 438 g/mol. The van der Waals surface area contributed by atoms with Crippen LogP contribution in [0, 0.1) is 0 Å². The van der Waals surface area contributed by atoms with E-state index in [1.165, 1.54) is 16.5 Å². The van der Waals surface area contributed by atoms with Crippen molar-refractivity contribution in [1.29, 1.82) is 0 Å². The van der Waals surface area contributed by atoms with Crippen molar-refractivity contribution >= 4 is 38.3 Å². The lowest BCUT2D eigenvalue weighted by atomic mass is 10.1. The van der Waals surface area contributed by atoms with Gasteiger partial charge in [-0.2, -0.15) is 0 Å². The third-order valence-corrected chi connectivity index (χ3v) is 7.58. The highest BCUT2D eigenvalue weighted by molar-refractivity contribution is 7.91. The molecule has 0 bridgehead atoms. The standard InChI is InChI=1S/C23H22ClNO5S/c1-2-15-3-5-16(6-4-15)13-25(18-9-10-31(28,29)14-18)23(27)22-12-20(26)19-11-17(24)7-8-21(19)30-22/h3-8,11-12,18H,2,9-10,13-14H2,1H3. The van der Waals surface area contributed by atoms with Gasteiger partial charge in [0.2, 0.25) is 0 Å². The predicted molar refractivity (Wildman–Crippen MR) is 120 cm³/mol. The summed E-state index contributed by atoms with van der Waals surface area (Å²) in [5.41, 5.74) is 1.93. The summed E-state index contributed by atoms with van der Waals surface area (Å²) in [7, 11) is -3.21. The molecule has 6 nitrogen and oxygen atoms in total. The van der Waals surface area contributed by atoms with Crippen LogP contribution in [0.4, 0.5) is 0 Å². The number of hydrogen-bond donors (Lipinski definition) is 0. The Labute approximate surface area is 185 Å². The van der Waals surface area contributed by atoms with Crippen molar-refractivity contribution in [3.8, 4) is 0 Å². The van der Waals surface area contributed by atoms with Crippen molar-refractivity contribution in [3.63, 3.8) is 0 Å². The number of rotatable bonds is 5. The highest BCUT2D eigenvalue weighted by Gasteiger charge is 2.36. The Morgan fingerprint density at radius 3 is 2.48 bits per heavy atom. The third-order valence-electron chi connectivity index (χ3n) is 5.59. The van der Waals surface area contributed by atoms with Crippen molar-refractivity contribution < 1.29 is 17.6 Å². The molecule has 1 aliphatic rings. The van der Waals surface area contributed by atoms with E-state index in [-0.39, 0.29) is 40.2 Å². The molecule has 0 saturated carbocycles. The van der Waals surface area contributed by atoms with Crippen molar-refractivity contribution in [2.75, 3.05) is 11.5 Å². The average molecular weight is 460 g/mol. The molecule has 3 aromatic rings. The van der Waals surface area contributed by atoms with Crippen LogP contribution in [0.2, 0.25) is 5.02 Å². The van der Waals surface area contributed by atoms with Crippen LogP contribution in [-0.4, -0.2) is 36.8 Å². The first-order valence-corrected chi connectivity index (χ1v) is 12.3. The Kier molecular flexibility index (Phi) is 5.90. The highest BCUT2D eigenvalue weighted by Crippen LogP contribution is 2.24. The molecule has 2 heterocycles. The van der Waals surface area contributed by atoms with Gasteiger partial charge in [0.25, 0.3) is 5.91 Å². The second kappa shape index (κ2) is 8.48. The van der Waals surface area contributed by atoms with Gasteiger partial charge in [-0.15, -0.1) is 0 Å². The molecule has 1 amide bonds. The monoisotopic (exact) mass is 459 g/mol. The van der Waals surface area contributed by atoms with Crippen LogP contribution in [0.5, 0.6) is 0 Å². The van der Waals surface area contributed by atoms with Crippen LogP contribution in [0.25, 0.3) is 11.0 Å². The Hall–Kier alpha value is -2.64. The van der Waals surface area contributed by atoms with Crippen LogP contribution in [0.15, 0.2) is 57.7 Å². The minimum absolute atomic E-state index is 0.0381. The molecule has 1 saturated heterocycles. The number of aryl methyl sites for hydroxylation is 1. The highest BCUT2D eigenvalue weighted by atomic mass is 35.5. The van der Waals surface area contributed by atoms with Crippen molar-refractivity contribution in [3.05, 3.63) is 80.7 Å². The smallest absolute Gasteiger partial charge is 0.290 e. The summed E-state index contributed by atoms with van der Waals surface area (Å²) >= 11 is 5.96. The SMILES string of the molecule is CCc1ccc(CN(C(=O)c2cc(=O)c3cc(Cl)ccc3o2)C2CCS(=O)(=O)C2)cc1. The maximum absolute atomic E-state index is 13.4. The zero-order valence-electron chi connectivity index (χ0n) is 17.0. The first-order valence-electron chi connectivity index (χ1n) is 10.1. The number of fused-ring (bicyclic) bond motifs is 1. The first-order chi connectivity index (χ1) is 14.8. The fourth-order valence-electron chi connectivity index (χ4n) is 3.84. The molecule has 0 radical (unpaired) electrons. The van der Waals surface area contributed by atoms with Gasteiger partial charge < -0.3 is 9.32 Å². The van der Waals surface area contributed by atoms with Crippen LogP contribution in [0.3, 0.4) is 0 Å². The summed E-state index contributed by atoms with van der Waals surface area (Å²) in [5.74, 6) is -0.680. The van der Waals surface area contributed by atoms with E-state index in [1.54, 1.807) is 12.1 Å². The van der Waals surface area contributed by atoms with E-state index >= 15 is 0 Å². The summed E-state index contributed by atoms with van der Waals surface area (Å²) in [5, 5.41) is 0.682. The number of halogens is 1. The van der Waals surface area contributed by atoms with Gasteiger partial charge in [-0.1, -0.05) is 42.8 Å². The topological polar surface area (TPSA) is 84.7 Å². The minimum Gasteiger partial charge on any atom is -0.451 e. The van der Waals surface area contributed by atoms with Crippen LogP contribution >= 0.6 is 11.6 Å². The maximum Gasteiger partial charge on any atom is 0.290 e. The average Bonchev–Trinajstić information content (AvgIpc) is 3.11. The lowest BCUT2D eigenvalue weighted by Gasteiger charge is -2.28. The lowest BCUT2D eigenvalue weighted by Crippen LogP contribution is -2.40. The molecule has 0 spiro atoms. The largest absolute Gasteiger partial charge is 0.451 e. The van der Waals surface area contributed by atoms with E-state index in [1.807, 2.05) is 24.3 Å². The Bertz CT molecular complexity index is 1300. The fraction of sp³-hybridized carbons (Fsp3) is 0.304. The zero-order valence-corrected chi connectivity index (χ0v) is 18.6. The van der Waals surface area contributed by atoms with Gasteiger partial charge in [0.05, 0.1) is 16.9 Å². The Morgan fingerprint density at radius 2 is 1.84 bits per heavy atom. The second-order valence-electron chi connectivity index (χ2n) is 7.78. The molecule has 0 aliphatic carbocycles. The predicted octanol–water partition coefficient (Wildman–Crippen LogP) is 3.84. The lowest BCUT2D eigenvalue weighted by molar-refractivity contribution is 0.0648. The van der Waals surface area contributed by atoms with E-state index in [9.17, 15) is 18.0 Å². The van der Waals surface area contributed by atoms with Gasteiger partial charge in [-0.25, -0.2) is 8.42 Å². The molecule has 2 aromatic carbocycles. The molecule has 4 rings (SSSR count). The molecule has 0 N–H and O–H groups in total. The summed E-state index contributed by atoms with van der Waals surface area (Å²) < 4.78 is 29.9. The number of carbonyl (C=O) groups is 1. The van der Waals surface area contributed by atoms with Gasteiger partial charge in [-0.05, 0) is 42.2 Å². The van der Waals surface area contributed by atoms with E-state index < -0.39 is 21.8 Å². The molecule has 1 aromatic heterocycles. The molecular formula is C23H22ClNO5S. The zero-order chi connectivity index (χ0) is 22.2. The Balaban J connectivity index is 1.71. The van der Waals surface area contributed by atoms with Crippen LogP contribution < -0.4 is 5.43 Å². The molecule has 1 atom stereocenters. The second-order valence-corrected chi connectivity index (χ2v) is 10.4. The number of nitrogens with zero attached hydrogens (tertiary/aromatic N) is 1. The number of hydrogen-bond acceptors (Lipinski definition) is 5. The molecule has 31 heavy (non-hydrogen) atoms. The molecule has 1 unspecified atom stereocenters. The quantitative estimate of drug-likeness (QED) is 0.578. The number of benzene rings is 2. The van der Waals surface area contributed by atoms with E-state index in [0.29, 0.717) is 11.4 Å². The maximum atomic E-state index is 13.4. The minimum atomic E-state index is -3.21. The van der Waals surface area contributed by atoms with E-state index in [4.69, 9.17) is 16.0 Å². The van der Waals surface area contributed by atoms with Gasteiger partial charge in [0, 0.05) is 23.7 Å². The number of amides is 1. The van der Waals surface area contributed by atoms with E-state index in [2.05, 4.69) is 6.92 Å². The van der Waals surface area contributed by atoms with E-state index in [0.717, 1.165) is 18.1 Å². The van der Waals surface area contributed by atoms with Crippen LogP contribution in [-0.2, 0) is 22.8 Å². The van der Waals surface area contributed by atoms with Crippen molar-refractivity contribution in [2.24, 2.45) is 0 Å². The normalized spacial score (nSPS) is 17.7. The van der Waals surface area contributed by atoms with Crippen LogP contribution in [0.1, 0.15) is 35.0 Å².